The Hall–Kier alpha value is -2.92. The van der Waals surface area contributed by atoms with Crippen LogP contribution in [0.1, 0.15) is 15.9 Å². The molecule has 2 amide bonds. The Balaban J connectivity index is 1.66. The number of halogens is 1. The van der Waals surface area contributed by atoms with Crippen molar-refractivity contribution in [3.8, 4) is 0 Å². The van der Waals surface area contributed by atoms with E-state index >= 15 is 0 Å². The summed E-state index contributed by atoms with van der Waals surface area (Å²) in [5.41, 5.74) is 2.31. The second-order valence-corrected chi connectivity index (χ2v) is 7.47. The van der Waals surface area contributed by atoms with Crippen molar-refractivity contribution in [1.29, 1.82) is 0 Å². The van der Waals surface area contributed by atoms with Crippen LogP contribution in [-0.2, 0) is 9.59 Å². The van der Waals surface area contributed by atoms with E-state index in [1.54, 1.807) is 24.3 Å². The van der Waals surface area contributed by atoms with E-state index in [-0.39, 0.29) is 23.6 Å². The number of nitrogens with one attached hydrogen (secondary N) is 1. The molecule has 0 spiro atoms. The summed E-state index contributed by atoms with van der Waals surface area (Å²) >= 11 is 5.95. The van der Waals surface area contributed by atoms with Crippen LogP contribution in [0.15, 0.2) is 54.6 Å². The topological polar surface area (TPSA) is 66.5 Å². The number of fused-ring (bicyclic) bond motifs is 5. The molecule has 2 saturated heterocycles. The van der Waals surface area contributed by atoms with E-state index in [1.165, 1.54) is 0 Å². The third-order valence-corrected chi connectivity index (χ3v) is 5.91. The summed E-state index contributed by atoms with van der Waals surface area (Å²) in [5.74, 6) is -2.14. The number of hydrogen-bond donors (Lipinski definition) is 1. The number of rotatable bonds is 2. The van der Waals surface area contributed by atoms with Gasteiger partial charge in [0.05, 0.1) is 17.9 Å². The Morgan fingerprint density at radius 1 is 0.963 bits per heavy atom. The third-order valence-electron chi connectivity index (χ3n) is 5.65. The average Bonchev–Trinajstić information content (AvgIpc) is 3.17. The SMILES string of the molecule is O=C1NC(=O)[C@@H]2[C@@H]1[C@H]1C=Cc3ccccc3N1[C@H]2C(=O)c1ccc(Cl)cc1. The van der Waals surface area contributed by atoms with Crippen molar-refractivity contribution in [2.24, 2.45) is 11.8 Å². The van der Waals surface area contributed by atoms with Crippen molar-refractivity contribution < 1.29 is 14.4 Å². The zero-order valence-electron chi connectivity index (χ0n) is 14.1. The highest BCUT2D eigenvalue weighted by Crippen LogP contribution is 2.46. The molecule has 3 aliphatic heterocycles. The van der Waals surface area contributed by atoms with Gasteiger partial charge in [0.1, 0.15) is 6.04 Å². The highest BCUT2D eigenvalue weighted by molar-refractivity contribution is 6.30. The standard InChI is InChI=1S/C21H15ClN2O3/c22-13-8-5-12(6-9-13)19(25)18-17-16(20(26)23-21(17)27)15-10-7-11-3-1-2-4-14(11)24(15)18/h1-10,15-18H,(H,23,26,27)/t15-,16+,17-,18-/m1/s1. The van der Waals surface area contributed by atoms with E-state index in [2.05, 4.69) is 5.32 Å². The van der Waals surface area contributed by atoms with Gasteiger partial charge in [-0.15, -0.1) is 0 Å². The number of hydrogen-bond acceptors (Lipinski definition) is 4. The number of carbonyl (C=O) groups excluding carboxylic acids is 3. The van der Waals surface area contributed by atoms with Crippen molar-refractivity contribution in [2.75, 3.05) is 4.90 Å². The molecule has 27 heavy (non-hydrogen) atoms. The van der Waals surface area contributed by atoms with E-state index < -0.39 is 17.9 Å². The highest BCUT2D eigenvalue weighted by atomic mass is 35.5. The Bertz CT molecular complexity index is 1010. The van der Waals surface area contributed by atoms with E-state index in [9.17, 15) is 14.4 Å². The smallest absolute Gasteiger partial charge is 0.233 e. The first-order chi connectivity index (χ1) is 13.1. The summed E-state index contributed by atoms with van der Waals surface area (Å²) in [5, 5.41) is 2.95. The maximum absolute atomic E-state index is 13.4. The summed E-state index contributed by atoms with van der Waals surface area (Å²) in [4.78, 5) is 40.4. The van der Waals surface area contributed by atoms with Crippen LogP contribution in [0.3, 0.4) is 0 Å². The molecule has 0 saturated carbocycles. The zero-order chi connectivity index (χ0) is 18.7. The number of Topliss-reactive ketones (excluding diaryl/α,β-unsaturated/α-hetero) is 1. The lowest BCUT2D eigenvalue weighted by Crippen LogP contribution is -2.47. The monoisotopic (exact) mass is 378 g/mol. The number of ketones is 1. The molecule has 6 heteroatoms. The van der Waals surface area contributed by atoms with Crippen LogP contribution >= 0.6 is 11.6 Å². The molecule has 4 atom stereocenters. The molecule has 1 N–H and O–H groups in total. The molecule has 2 fully saturated rings. The second kappa shape index (κ2) is 5.79. The number of amides is 2. The summed E-state index contributed by atoms with van der Waals surface area (Å²) < 4.78 is 0. The fraction of sp³-hybridized carbons (Fsp3) is 0.190. The average molecular weight is 379 g/mol. The van der Waals surface area contributed by atoms with E-state index in [0.29, 0.717) is 10.6 Å². The minimum absolute atomic E-state index is 0.181. The minimum Gasteiger partial charge on any atom is -0.352 e. The Labute approximate surface area is 160 Å². The van der Waals surface area contributed by atoms with Gasteiger partial charge in [-0.05, 0) is 35.9 Å². The number of anilines is 1. The van der Waals surface area contributed by atoms with Gasteiger partial charge in [-0.2, -0.15) is 0 Å². The summed E-state index contributed by atoms with van der Waals surface area (Å²) in [7, 11) is 0. The van der Waals surface area contributed by atoms with E-state index in [0.717, 1.165) is 11.3 Å². The Morgan fingerprint density at radius 2 is 1.67 bits per heavy atom. The van der Waals surface area contributed by atoms with Crippen LogP contribution in [0.5, 0.6) is 0 Å². The third kappa shape index (κ3) is 2.28. The van der Waals surface area contributed by atoms with E-state index in [4.69, 9.17) is 11.6 Å². The van der Waals surface area contributed by atoms with Gasteiger partial charge in [0.25, 0.3) is 0 Å². The number of carbonyl (C=O) groups is 3. The summed E-state index contributed by atoms with van der Waals surface area (Å²) in [6.07, 6.45) is 3.88. The maximum atomic E-state index is 13.4. The first kappa shape index (κ1) is 16.3. The van der Waals surface area contributed by atoms with Crippen molar-refractivity contribution >= 4 is 41.0 Å². The fourth-order valence-corrected chi connectivity index (χ4v) is 4.64. The van der Waals surface area contributed by atoms with Crippen LogP contribution in [-0.4, -0.2) is 29.7 Å². The molecule has 3 aliphatic rings. The van der Waals surface area contributed by atoms with Gasteiger partial charge in [-0.3, -0.25) is 19.7 Å². The predicted molar refractivity (Wildman–Crippen MR) is 101 cm³/mol. The minimum atomic E-state index is -0.737. The molecule has 2 aromatic rings. The Kier molecular flexibility index (Phi) is 3.49. The molecule has 0 unspecified atom stereocenters. The normalized spacial score (nSPS) is 27.8. The molecule has 0 radical (unpaired) electrons. The van der Waals surface area contributed by atoms with Crippen molar-refractivity contribution in [1.82, 2.24) is 5.32 Å². The van der Waals surface area contributed by atoms with Crippen LogP contribution in [0.25, 0.3) is 6.08 Å². The maximum Gasteiger partial charge on any atom is 0.233 e. The van der Waals surface area contributed by atoms with Crippen molar-refractivity contribution in [3.63, 3.8) is 0 Å². The Morgan fingerprint density at radius 3 is 2.44 bits per heavy atom. The van der Waals surface area contributed by atoms with Gasteiger partial charge in [0.15, 0.2) is 5.78 Å². The van der Waals surface area contributed by atoms with Crippen molar-refractivity contribution in [3.05, 3.63) is 70.8 Å². The second-order valence-electron chi connectivity index (χ2n) is 7.04. The quantitative estimate of drug-likeness (QED) is 0.644. The van der Waals surface area contributed by atoms with E-state index in [1.807, 2.05) is 41.3 Å². The van der Waals surface area contributed by atoms with Gasteiger partial charge in [0.2, 0.25) is 11.8 Å². The molecular formula is C21H15ClN2O3. The van der Waals surface area contributed by atoms with Crippen molar-refractivity contribution in [2.45, 2.75) is 12.1 Å². The van der Waals surface area contributed by atoms with Gasteiger partial charge >= 0.3 is 0 Å². The lowest BCUT2D eigenvalue weighted by atomic mass is 9.86. The number of imide groups is 1. The molecule has 5 nitrogen and oxygen atoms in total. The highest BCUT2D eigenvalue weighted by Gasteiger charge is 2.61. The molecule has 3 heterocycles. The van der Waals surface area contributed by atoms with Crippen LogP contribution in [0.2, 0.25) is 5.02 Å². The summed E-state index contributed by atoms with van der Waals surface area (Å²) in [6.45, 7) is 0. The van der Waals surface area contributed by atoms with Crippen LogP contribution in [0.4, 0.5) is 5.69 Å². The number of para-hydroxylation sites is 1. The first-order valence-corrected chi connectivity index (χ1v) is 9.14. The zero-order valence-corrected chi connectivity index (χ0v) is 14.9. The lowest BCUT2D eigenvalue weighted by molar-refractivity contribution is -0.126. The van der Waals surface area contributed by atoms with Gasteiger partial charge in [-0.25, -0.2) is 0 Å². The van der Waals surface area contributed by atoms with Crippen LogP contribution in [0, 0.1) is 11.8 Å². The molecule has 5 rings (SSSR count). The molecule has 134 valence electrons. The lowest BCUT2D eigenvalue weighted by Gasteiger charge is -2.35. The van der Waals surface area contributed by atoms with Gasteiger partial charge in [-0.1, -0.05) is 42.0 Å². The van der Waals surface area contributed by atoms with Crippen LogP contribution < -0.4 is 10.2 Å². The predicted octanol–water partition coefficient (Wildman–Crippen LogP) is 2.70. The molecule has 0 bridgehead atoms. The molecule has 0 aromatic heterocycles. The first-order valence-electron chi connectivity index (χ1n) is 8.76. The molecular weight excluding hydrogens is 364 g/mol. The van der Waals surface area contributed by atoms with Gasteiger partial charge in [0, 0.05) is 16.3 Å². The molecule has 2 aromatic carbocycles. The summed E-state index contributed by atoms with van der Waals surface area (Å²) in [6, 6.07) is 13.3. The largest absolute Gasteiger partial charge is 0.352 e. The fourth-order valence-electron chi connectivity index (χ4n) is 4.52. The molecule has 0 aliphatic carbocycles. The number of benzene rings is 2. The number of nitrogens with zero attached hydrogens (tertiary/aromatic N) is 1. The van der Waals surface area contributed by atoms with Gasteiger partial charge < -0.3 is 4.90 Å².